The molecule has 0 spiro atoms. The first-order valence-corrected chi connectivity index (χ1v) is 6.21. The zero-order chi connectivity index (χ0) is 13.0. The van der Waals surface area contributed by atoms with Gasteiger partial charge in [0, 0.05) is 19.2 Å². The molecule has 1 aromatic rings. The minimum Gasteiger partial charge on any atom is -0.474 e. The summed E-state index contributed by atoms with van der Waals surface area (Å²) in [5.41, 5.74) is -0.0789. The Balaban J connectivity index is 1.94. The lowest BCUT2D eigenvalue weighted by Gasteiger charge is -2.23. The molecule has 2 rings (SSSR count). The molecule has 1 unspecified atom stereocenters. The topological polar surface area (TPSA) is 86.5 Å². The molecule has 0 aliphatic carbocycles. The first-order valence-electron chi connectivity index (χ1n) is 5.42. The summed E-state index contributed by atoms with van der Waals surface area (Å²) in [7, 11) is 0. The lowest BCUT2D eigenvalue weighted by Crippen LogP contribution is -2.41. The third-order valence-electron chi connectivity index (χ3n) is 2.41. The van der Waals surface area contributed by atoms with Gasteiger partial charge in [-0.15, -0.1) is 0 Å². The zero-order valence-electron chi connectivity index (χ0n) is 9.47. The molecule has 7 nitrogen and oxygen atoms in total. The van der Waals surface area contributed by atoms with Crippen LogP contribution in [0.15, 0.2) is 16.7 Å². The SMILES string of the molecule is O=[N+]([O-])c1cnc(OCC2CNCCO2)c(Br)c1. The van der Waals surface area contributed by atoms with Gasteiger partial charge in [-0.3, -0.25) is 10.1 Å². The second kappa shape index (κ2) is 6.07. The number of morpholine rings is 1. The van der Waals surface area contributed by atoms with Crippen molar-refractivity contribution in [2.24, 2.45) is 0 Å². The molecule has 1 aliphatic rings. The number of nitro groups is 1. The van der Waals surface area contributed by atoms with Crippen LogP contribution in [0.3, 0.4) is 0 Å². The molecule has 18 heavy (non-hydrogen) atoms. The Bertz CT molecular complexity index is 437. The van der Waals surface area contributed by atoms with E-state index in [1.54, 1.807) is 0 Å². The van der Waals surface area contributed by atoms with Crippen LogP contribution >= 0.6 is 15.9 Å². The molecule has 0 amide bonds. The molecule has 1 aliphatic heterocycles. The quantitative estimate of drug-likeness (QED) is 0.661. The minimum absolute atomic E-state index is 0.0253. The highest BCUT2D eigenvalue weighted by molar-refractivity contribution is 9.10. The predicted octanol–water partition coefficient (Wildman–Crippen LogP) is 1.12. The van der Waals surface area contributed by atoms with Crippen molar-refractivity contribution in [2.45, 2.75) is 6.10 Å². The van der Waals surface area contributed by atoms with E-state index in [0.717, 1.165) is 13.1 Å². The second-order valence-electron chi connectivity index (χ2n) is 3.75. The van der Waals surface area contributed by atoms with Crippen LogP contribution in [0.4, 0.5) is 5.69 Å². The molecule has 1 fully saturated rings. The summed E-state index contributed by atoms with van der Waals surface area (Å²) in [5.74, 6) is 0.328. The number of hydrogen-bond acceptors (Lipinski definition) is 6. The zero-order valence-corrected chi connectivity index (χ0v) is 11.1. The van der Waals surface area contributed by atoms with E-state index in [1.165, 1.54) is 12.3 Å². The van der Waals surface area contributed by atoms with Gasteiger partial charge in [0.1, 0.15) is 18.9 Å². The molecular formula is C10H12BrN3O4. The lowest BCUT2D eigenvalue weighted by molar-refractivity contribution is -0.385. The van der Waals surface area contributed by atoms with E-state index >= 15 is 0 Å². The molecule has 0 saturated carbocycles. The Morgan fingerprint density at radius 3 is 3.17 bits per heavy atom. The molecule has 1 aromatic heterocycles. The van der Waals surface area contributed by atoms with E-state index in [1.807, 2.05) is 0 Å². The van der Waals surface area contributed by atoms with Crippen molar-refractivity contribution < 1.29 is 14.4 Å². The fraction of sp³-hybridized carbons (Fsp3) is 0.500. The van der Waals surface area contributed by atoms with Crippen molar-refractivity contribution in [3.63, 3.8) is 0 Å². The van der Waals surface area contributed by atoms with Crippen molar-refractivity contribution >= 4 is 21.6 Å². The van der Waals surface area contributed by atoms with Crippen molar-refractivity contribution in [3.8, 4) is 5.88 Å². The first kappa shape index (κ1) is 13.2. The number of hydrogen-bond donors (Lipinski definition) is 1. The van der Waals surface area contributed by atoms with Crippen LogP contribution in [-0.2, 0) is 4.74 Å². The van der Waals surface area contributed by atoms with Crippen molar-refractivity contribution in [1.82, 2.24) is 10.3 Å². The van der Waals surface area contributed by atoms with Crippen LogP contribution in [0.5, 0.6) is 5.88 Å². The summed E-state index contributed by atoms with van der Waals surface area (Å²) >= 11 is 3.19. The van der Waals surface area contributed by atoms with Gasteiger partial charge in [0.15, 0.2) is 0 Å². The van der Waals surface area contributed by atoms with Crippen LogP contribution in [0.2, 0.25) is 0 Å². The maximum atomic E-state index is 10.5. The summed E-state index contributed by atoms with van der Waals surface area (Å²) in [5, 5.41) is 13.7. The number of aromatic nitrogens is 1. The third kappa shape index (κ3) is 3.37. The highest BCUT2D eigenvalue weighted by Gasteiger charge is 2.16. The van der Waals surface area contributed by atoms with Gasteiger partial charge in [-0.25, -0.2) is 4.98 Å². The number of ether oxygens (including phenoxy) is 2. The number of rotatable bonds is 4. The lowest BCUT2D eigenvalue weighted by atomic mass is 10.3. The average molecular weight is 318 g/mol. The van der Waals surface area contributed by atoms with Gasteiger partial charge >= 0.3 is 0 Å². The standard InChI is InChI=1S/C10H12BrN3O4/c11-9-3-7(14(15)16)4-13-10(9)18-6-8-5-12-1-2-17-8/h3-4,8,12H,1-2,5-6H2. The third-order valence-corrected chi connectivity index (χ3v) is 2.98. The maximum Gasteiger partial charge on any atom is 0.288 e. The maximum absolute atomic E-state index is 10.5. The monoisotopic (exact) mass is 317 g/mol. The highest BCUT2D eigenvalue weighted by Crippen LogP contribution is 2.26. The van der Waals surface area contributed by atoms with Gasteiger partial charge in [-0.05, 0) is 15.9 Å². The average Bonchev–Trinajstić information content (AvgIpc) is 2.38. The largest absolute Gasteiger partial charge is 0.474 e. The number of pyridine rings is 1. The van der Waals surface area contributed by atoms with Gasteiger partial charge < -0.3 is 14.8 Å². The van der Waals surface area contributed by atoms with Gasteiger partial charge in [-0.1, -0.05) is 0 Å². The second-order valence-corrected chi connectivity index (χ2v) is 4.60. The van der Waals surface area contributed by atoms with E-state index < -0.39 is 4.92 Å². The Morgan fingerprint density at radius 2 is 2.56 bits per heavy atom. The normalized spacial score (nSPS) is 19.5. The summed E-state index contributed by atoms with van der Waals surface area (Å²) < 4.78 is 11.4. The first-order chi connectivity index (χ1) is 8.66. The predicted molar refractivity (Wildman–Crippen MR) is 66.7 cm³/mol. The van der Waals surface area contributed by atoms with E-state index in [-0.39, 0.29) is 11.8 Å². The van der Waals surface area contributed by atoms with Gasteiger partial charge in [0.25, 0.3) is 5.69 Å². The summed E-state index contributed by atoms with van der Waals surface area (Å²) in [6.07, 6.45) is 1.14. The van der Waals surface area contributed by atoms with E-state index in [4.69, 9.17) is 9.47 Å². The Hall–Kier alpha value is -1.25. The van der Waals surface area contributed by atoms with Crippen LogP contribution in [0.25, 0.3) is 0 Å². The van der Waals surface area contributed by atoms with E-state index in [0.29, 0.717) is 23.6 Å². The molecule has 1 saturated heterocycles. The fourth-order valence-electron chi connectivity index (χ4n) is 1.52. The molecule has 1 atom stereocenters. The van der Waals surface area contributed by atoms with Crippen LogP contribution in [0.1, 0.15) is 0 Å². The summed E-state index contributed by atoms with van der Waals surface area (Å²) in [6.45, 7) is 2.58. The Kier molecular flexibility index (Phi) is 4.45. The van der Waals surface area contributed by atoms with Gasteiger partial charge in [-0.2, -0.15) is 0 Å². The van der Waals surface area contributed by atoms with Crippen LogP contribution < -0.4 is 10.1 Å². The molecule has 0 radical (unpaired) electrons. The number of nitrogens with zero attached hydrogens (tertiary/aromatic N) is 2. The van der Waals surface area contributed by atoms with E-state index in [2.05, 4.69) is 26.2 Å². The summed E-state index contributed by atoms with van der Waals surface area (Å²) in [6, 6.07) is 1.36. The molecule has 1 N–H and O–H groups in total. The van der Waals surface area contributed by atoms with Crippen molar-refractivity contribution in [1.29, 1.82) is 0 Å². The minimum atomic E-state index is -0.504. The van der Waals surface area contributed by atoms with Gasteiger partial charge in [0.05, 0.1) is 16.0 Å². The van der Waals surface area contributed by atoms with Crippen LogP contribution in [0, 0.1) is 10.1 Å². The number of halogens is 1. The molecule has 8 heteroatoms. The molecule has 98 valence electrons. The summed E-state index contributed by atoms with van der Waals surface area (Å²) in [4.78, 5) is 13.9. The van der Waals surface area contributed by atoms with Crippen molar-refractivity contribution in [3.05, 3.63) is 26.9 Å². The molecule has 0 bridgehead atoms. The molecule has 0 aromatic carbocycles. The Morgan fingerprint density at radius 1 is 1.72 bits per heavy atom. The Labute approximate surface area is 112 Å². The van der Waals surface area contributed by atoms with Crippen LogP contribution in [-0.4, -0.2) is 42.3 Å². The highest BCUT2D eigenvalue weighted by atomic mass is 79.9. The van der Waals surface area contributed by atoms with Gasteiger partial charge in [0.2, 0.25) is 5.88 Å². The van der Waals surface area contributed by atoms with Crippen molar-refractivity contribution in [2.75, 3.05) is 26.3 Å². The number of nitrogens with one attached hydrogen (secondary N) is 1. The smallest absolute Gasteiger partial charge is 0.288 e. The molecule has 2 heterocycles. The fourth-order valence-corrected chi connectivity index (χ4v) is 1.97. The molecular weight excluding hydrogens is 306 g/mol. The van der Waals surface area contributed by atoms with E-state index in [9.17, 15) is 10.1 Å².